The molecule has 0 aliphatic carbocycles. The van der Waals surface area contributed by atoms with Gasteiger partial charge in [-0.2, -0.15) is 0 Å². The van der Waals surface area contributed by atoms with Crippen LogP contribution in [0.5, 0.6) is 0 Å². The summed E-state index contributed by atoms with van der Waals surface area (Å²) in [7, 11) is 0. The van der Waals surface area contributed by atoms with E-state index in [2.05, 4.69) is 21.3 Å². The van der Waals surface area contributed by atoms with Crippen LogP contribution in [0.15, 0.2) is 42.6 Å². The van der Waals surface area contributed by atoms with Crippen LogP contribution in [0.4, 0.5) is 17.2 Å². The Morgan fingerprint density at radius 1 is 1.10 bits per heavy atom. The van der Waals surface area contributed by atoms with Gasteiger partial charge in [0.15, 0.2) is 0 Å². The highest BCUT2D eigenvalue weighted by Crippen LogP contribution is 2.26. The van der Waals surface area contributed by atoms with Gasteiger partial charge in [0.2, 0.25) is 11.8 Å². The van der Waals surface area contributed by atoms with Crippen LogP contribution in [0.1, 0.15) is 37.7 Å². The third-order valence-electron chi connectivity index (χ3n) is 5.83. The molecule has 2 saturated heterocycles. The minimum atomic E-state index is -0.00280. The molecule has 2 aliphatic rings. The molecule has 1 aromatic carbocycles. The van der Waals surface area contributed by atoms with Gasteiger partial charge in [-0.05, 0) is 62.4 Å². The van der Waals surface area contributed by atoms with Crippen LogP contribution in [-0.2, 0) is 9.59 Å². The molecule has 152 valence electrons. The molecule has 1 aromatic heterocycles. The van der Waals surface area contributed by atoms with E-state index in [4.69, 9.17) is 0 Å². The van der Waals surface area contributed by atoms with Gasteiger partial charge in [-0.25, -0.2) is 4.98 Å². The lowest BCUT2D eigenvalue weighted by molar-refractivity contribution is -0.120. The first-order valence-electron chi connectivity index (χ1n) is 10.5. The Balaban J connectivity index is 1.35. The molecule has 0 bridgehead atoms. The highest BCUT2D eigenvalue weighted by atomic mass is 16.2. The summed E-state index contributed by atoms with van der Waals surface area (Å²) < 4.78 is 0. The molecule has 2 amide bonds. The fourth-order valence-electron chi connectivity index (χ4n) is 4.09. The first-order valence-corrected chi connectivity index (χ1v) is 10.5. The number of amides is 2. The summed E-state index contributed by atoms with van der Waals surface area (Å²) in [5, 5.41) is 3.06. The summed E-state index contributed by atoms with van der Waals surface area (Å²) in [5.41, 5.74) is 2.78. The zero-order chi connectivity index (χ0) is 20.2. The van der Waals surface area contributed by atoms with E-state index in [0.29, 0.717) is 6.42 Å². The summed E-state index contributed by atoms with van der Waals surface area (Å²) in [4.78, 5) is 33.5. The van der Waals surface area contributed by atoms with Crippen molar-refractivity contribution in [2.75, 3.05) is 34.8 Å². The Kier molecular flexibility index (Phi) is 5.79. The lowest BCUT2D eigenvalue weighted by Crippen LogP contribution is -2.38. The highest BCUT2D eigenvalue weighted by Gasteiger charge is 2.26. The van der Waals surface area contributed by atoms with E-state index in [1.54, 1.807) is 0 Å². The summed E-state index contributed by atoms with van der Waals surface area (Å²) in [5.74, 6) is 1.20. The summed E-state index contributed by atoms with van der Waals surface area (Å²) in [6, 6.07) is 11.8. The molecule has 3 heterocycles. The molecule has 6 nitrogen and oxygen atoms in total. The first kappa shape index (κ1) is 19.4. The van der Waals surface area contributed by atoms with Crippen molar-refractivity contribution in [1.29, 1.82) is 0 Å². The number of piperidine rings is 2. The van der Waals surface area contributed by atoms with Crippen molar-refractivity contribution in [2.45, 2.75) is 39.0 Å². The smallest absolute Gasteiger partial charge is 0.227 e. The van der Waals surface area contributed by atoms with Gasteiger partial charge in [0.05, 0.1) is 0 Å². The number of rotatable bonds is 4. The number of hydrogen-bond acceptors (Lipinski definition) is 4. The summed E-state index contributed by atoms with van der Waals surface area (Å²) in [6.07, 6.45) is 6.09. The Labute approximate surface area is 171 Å². The van der Waals surface area contributed by atoms with Crippen LogP contribution in [0.25, 0.3) is 0 Å². The fourth-order valence-corrected chi connectivity index (χ4v) is 4.09. The van der Waals surface area contributed by atoms with E-state index in [9.17, 15) is 9.59 Å². The van der Waals surface area contributed by atoms with Gasteiger partial charge >= 0.3 is 0 Å². The largest absolute Gasteiger partial charge is 0.357 e. The van der Waals surface area contributed by atoms with E-state index in [0.717, 1.165) is 68.1 Å². The Morgan fingerprint density at radius 3 is 2.66 bits per heavy atom. The average Bonchev–Trinajstić information content (AvgIpc) is 2.75. The van der Waals surface area contributed by atoms with Crippen molar-refractivity contribution in [3.63, 3.8) is 0 Å². The molecule has 2 aromatic rings. The van der Waals surface area contributed by atoms with Crippen LogP contribution in [0.3, 0.4) is 0 Å². The number of nitrogens with one attached hydrogen (secondary N) is 1. The number of carbonyl (C=O) groups excluding carboxylic acids is 2. The molecular weight excluding hydrogens is 364 g/mol. The number of aryl methyl sites for hydroxylation is 1. The zero-order valence-electron chi connectivity index (χ0n) is 16.9. The Morgan fingerprint density at radius 2 is 1.93 bits per heavy atom. The number of nitrogens with zero attached hydrogens (tertiary/aromatic N) is 3. The second kappa shape index (κ2) is 8.64. The van der Waals surface area contributed by atoms with Gasteiger partial charge < -0.3 is 15.1 Å². The van der Waals surface area contributed by atoms with Crippen molar-refractivity contribution in [3.8, 4) is 0 Å². The average molecular weight is 393 g/mol. The van der Waals surface area contributed by atoms with E-state index in [1.165, 1.54) is 0 Å². The minimum Gasteiger partial charge on any atom is -0.357 e. The van der Waals surface area contributed by atoms with Crippen LogP contribution in [0, 0.1) is 12.8 Å². The van der Waals surface area contributed by atoms with Gasteiger partial charge in [-0.3, -0.25) is 9.59 Å². The Bertz CT molecular complexity index is 873. The van der Waals surface area contributed by atoms with Crippen molar-refractivity contribution >= 4 is 29.0 Å². The van der Waals surface area contributed by atoms with Crippen molar-refractivity contribution in [2.24, 2.45) is 5.92 Å². The molecule has 4 rings (SSSR count). The van der Waals surface area contributed by atoms with Gasteiger partial charge in [-0.15, -0.1) is 0 Å². The fraction of sp³-hybridized carbons (Fsp3) is 0.435. The molecule has 29 heavy (non-hydrogen) atoms. The van der Waals surface area contributed by atoms with Crippen LogP contribution >= 0.6 is 0 Å². The number of benzene rings is 1. The second-order valence-electron chi connectivity index (χ2n) is 8.00. The second-order valence-corrected chi connectivity index (χ2v) is 8.00. The number of anilines is 3. The molecular formula is C23H28N4O2. The van der Waals surface area contributed by atoms with Crippen LogP contribution in [0.2, 0.25) is 0 Å². The molecule has 6 heteroatoms. The number of hydrogen-bond donors (Lipinski definition) is 1. The van der Waals surface area contributed by atoms with Crippen molar-refractivity contribution in [1.82, 2.24) is 4.98 Å². The number of pyridine rings is 1. The lowest BCUT2D eigenvalue weighted by atomic mass is 9.95. The summed E-state index contributed by atoms with van der Waals surface area (Å²) >= 11 is 0. The van der Waals surface area contributed by atoms with E-state index >= 15 is 0 Å². The van der Waals surface area contributed by atoms with E-state index in [1.807, 2.05) is 48.4 Å². The van der Waals surface area contributed by atoms with Gasteiger partial charge in [0.25, 0.3) is 0 Å². The SMILES string of the molecule is Cc1ccc(N2CCC(C(=O)Nc3cccc(N4CCCCC4=O)c3)CC2)nc1. The maximum absolute atomic E-state index is 12.8. The van der Waals surface area contributed by atoms with Gasteiger partial charge in [0.1, 0.15) is 5.82 Å². The van der Waals surface area contributed by atoms with Gasteiger partial charge in [0, 0.05) is 49.5 Å². The molecule has 0 unspecified atom stereocenters. The lowest BCUT2D eigenvalue weighted by Gasteiger charge is -2.32. The predicted molar refractivity (Wildman–Crippen MR) is 115 cm³/mol. The zero-order valence-corrected chi connectivity index (χ0v) is 16.9. The van der Waals surface area contributed by atoms with E-state index in [-0.39, 0.29) is 17.7 Å². The maximum atomic E-state index is 12.8. The predicted octanol–water partition coefficient (Wildman–Crippen LogP) is 3.76. The number of aromatic nitrogens is 1. The third kappa shape index (κ3) is 4.58. The molecule has 0 atom stereocenters. The van der Waals surface area contributed by atoms with Crippen LogP contribution in [-0.4, -0.2) is 36.4 Å². The summed E-state index contributed by atoms with van der Waals surface area (Å²) in [6.45, 7) is 4.44. The molecule has 0 radical (unpaired) electrons. The molecule has 2 aliphatic heterocycles. The Hall–Kier alpha value is -2.89. The monoisotopic (exact) mass is 392 g/mol. The highest BCUT2D eigenvalue weighted by molar-refractivity contribution is 5.96. The molecule has 1 N–H and O–H groups in total. The number of carbonyl (C=O) groups is 2. The normalized spacial score (nSPS) is 18.0. The molecule has 2 fully saturated rings. The molecule has 0 saturated carbocycles. The van der Waals surface area contributed by atoms with E-state index < -0.39 is 0 Å². The van der Waals surface area contributed by atoms with Crippen molar-refractivity contribution < 1.29 is 9.59 Å². The third-order valence-corrected chi connectivity index (χ3v) is 5.83. The standard InChI is InChI=1S/C23H28N4O2/c1-17-8-9-21(24-16-17)26-13-10-18(11-14-26)23(29)25-19-5-4-6-20(15-19)27-12-3-2-7-22(27)28/h4-6,8-9,15-16,18H,2-3,7,10-14H2,1H3,(H,25,29). The first-order chi connectivity index (χ1) is 14.1. The maximum Gasteiger partial charge on any atom is 0.227 e. The van der Waals surface area contributed by atoms with Gasteiger partial charge in [-0.1, -0.05) is 12.1 Å². The van der Waals surface area contributed by atoms with Crippen LogP contribution < -0.4 is 15.1 Å². The molecule has 0 spiro atoms. The van der Waals surface area contributed by atoms with Crippen molar-refractivity contribution in [3.05, 3.63) is 48.2 Å². The topological polar surface area (TPSA) is 65.5 Å². The minimum absolute atomic E-state index is 0.00280. The quantitative estimate of drug-likeness (QED) is 0.860.